The molecule has 0 heterocycles. The summed E-state index contributed by atoms with van der Waals surface area (Å²) < 4.78 is 12.6. The van der Waals surface area contributed by atoms with Crippen LogP contribution in [0.3, 0.4) is 0 Å². The summed E-state index contributed by atoms with van der Waals surface area (Å²) in [6.07, 6.45) is -1.40. The maximum atomic E-state index is 13.5. The van der Waals surface area contributed by atoms with E-state index in [0.717, 1.165) is 33.4 Å². The first-order valence-electron chi connectivity index (χ1n) is 13.0. The SMILES string of the molecule is Cc1cccc(C(=O)OC2C(OC(=O)c3cccc(C)c3)[C@@H](C)c3ccccc3[C@@H]2c2ccccc2C)c1. The van der Waals surface area contributed by atoms with Gasteiger partial charge in [0, 0.05) is 5.92 Å². The van der Waals surface area contributed by atoms with Crippen LogP contribution in [0.2, 0.25) is 0 Å². The molecule has 0 N–H and O–H groups in total. The van der Waals surface area contributed by atoms with Gasteiger partial charge in [-0.15, -0.1) is 0 Å². The van der Waals surface area contributed by atoms with Crippen molar-refractivity contribution in [2.45, 2.75) is 51.7 Å². The average Bonchev–Trinajstić information content (AvgIpc) is 2.91. The summed E-state index contributed by atoms with van der Waals surface area (Å²) >= 11 is 0. The normalized spacial score (nSPS) is 20.3. The molecule has 0 spiro atoms. The van der Waals surface area contributed by atoms with Crippen LogP contribution in [0.15, 0.2) is 97.1 Å². The lowest BCUT2D eigenvalue weighted by Crippen LogP contribution is -2.46. The first-order valence-corrected chi connectivity index (χ1v) is 13.0. The highest BCUT2D eigenvalue weighted by Crippen LogP contribution is 2.46. The Morgan fingerprint density at radius 1 is 0.579 bits per heavy atom. The van der Waals surface area contributed by atoms with Crippen LogP contribution in [-0.4, -0.2) is 24.1 Å². The van der Waals surface area contributed by atoms with E-state index in [1.54, 1.807) is 12.1 Å². The highest BCUT2D eigenvalue weighted by molar-refractivity contribution is 5.91. The van der Waals surface area contributed by atoms with Crippen LogP contribution < -0.4 is 0 Å². The van der Waals surface area contributed by atoms with Crippen LogP contribution in [0.5, 0.6) is 0 Å². The van der Waals surface area contributed by atoms with E-state index in [2.05, 4.69) is 31.2 Å². The third-order valence-electron chi connectivity index (χ3n) is 7.48. The van der Waals surface area contributed by atoms with Gasteiger partial charge in [0.05, 0.1) is 17.0 Å². The molecule has 1 aliphatic carbocycles. The topological polar surface area (TPSA) is 52.6 Å². The largest absolute Gasteiger partial charge is 0.454 e. The Kier molecular flexibility index (Phi) is 7.15. The van der Waals surface area contributed by atoms with E-state index < -0.39 is 24.1 Å². The number of carbonyl (C=O) groups excluding carboxylic acids is 2. The first kappa shape index (κ1) is 25.5. The van der Waals surface area contributed by atoms with Gasteiger partial charge in [0.15, 0.2) is 6.10 Å². The van der Waals surface area contributed by atoms with Crippen molar-refractivity contribution in [3.05, 3.63) is 142 Å². The number of ether oxygens (including phenoxy) is 2. The fourth-order valence-corrected chi connectivity index (χ4v) is 5.55. The second kappa shape index (κ2) is 10.7. The van der Waals surface area contributed by atoms with Gasteiger partial charge in [0.2, 0.25) is 0 Å². The summed E-state index contributed by atoms with van der Waals surface area (Å²) in [7, 11) is 0. The van der Waals surface area contributed by atoms with Crippen LogP contribution in [0.1, 0.15) is 72.9 Å². The molecule has 2 unspecified atom stereocenters. The molecule has 0 saturated carbocycles. The third-order valence-corrected chi connectivity index (χ3v) is 7.48. The molecule has 0 fully saturated rings. The number of benzene rings is 4. The van der Waals surface area contributed by atoms with Crippen molar-refractivity contribution in [1.29, 1.82) is 0 Å². The van der Waals surface area contributed by atoms with E-state index in [4.69, 9.17) is 9.47 Å². The molecule has 4 aromatic rings. The lowest BCUT2D eigenvalue weighted by Gasteiger charge is -2.42. The molecule has 1 aliphatic rings. The molecular weight excluding hydrogens is 472 g/mol. The standard InChI is InChI=1S/C34H32O4/c1-21-11-9-14-25(19-21)33(35)37-31-24(4)28-17-7-8-18-29(28)30(27-16-6-5-13-23(27)3)32(31)38-34(36)26-15-10-12-22(2)20-26/h5-20,24,30-32H,1-4H3/t24-,30-,31?,32?/m0/s1. The van der Waals surface area contributed by atoms with Gasteiger partial charge in [-0.05, 0) is 67.3 Å². The summed E-state index contributed by atoms with van der Waals surface area (Å²) in [4.78, 5) is 26.9. The van der Waals surface area contributed by atoms with Crippen LogP contribution in [0.4, 0.5) is 0 Å². The number of esters is 2. The summed E-state index contributed by atoms with van der Waals surface area (Å²) in [5, 5.41) is 0. The van der Waals surface area contributed by atoms with Crippen molar-refractivity contribution in [2.75, 3.05) is 0 Å². The fraction of sp³-hybridized carbons (Fsp3) is 0.235. The molecule has 5 rings (SSSR count). The molecule has 4 nitrogen and oxygen atoms in total. The van der Waals surface area contributed by atoms with Gasteiger partial charge in [0.25, 0.3) is 0 Å². The Morgan fingerprint density at radius 3 is 1.63 bits per heavy atom. The van der Waals surface area contributed by atoms with Crippen molar-refractivity contribution in [2.24, 2.45) is 0 Å². The lowest BCUT2D eigenvalue weighted by molar-refractivity contribution is -0.0532. The molecule has 38 heavy (non-hydrogen) atoms. The van der Waals surface area contributed by atoms with Crippen molar-refractivity contribution >= 4 is 11.9 Å². The molecular formula is C34H32O4. The molecule has 4 atom stereocenters. The van der Waals surface area contributed by atoms with Crippen LogP contribution in [0.25, 0.3) is 0 Å². The Balaban J connectivity index is 1.62. The maximum absolute atomic E-state index is 13.5. The number of fused-ring (bicyclic) bond motifs is 1. The molecule has 0 saturated heterocycles. The predicted octanol–water partition coefficient (Wildman–Crippen LogP) is 7.31. The minimum atomic E-state index is -0.720. The number of carbonyl (C=O) groups is 2. The minimum Gasteiger partial charge on any atom is -0.454 e. The van der Waals surface area contributed by atoms with Gasteiger partial charge >= 0.3 is 11.9 Å². The molecule has 192 valence electrons. The fourth-order valence-electron chi connectivity index (χ4n) is 5.55. The number of rotatable bonds is 5. The third kappa shape index (κ3) is 4.99. The second-order valence-electron chi connectivity index (χ2n) is 10.2. The number of aryl methyl sites for hydroxylation is 3. The zero-order valence-electron chi connectivity index (χ0n) is 22.2. The van der Waals surface area contributed by atoms with Crippen molar-refractivity contribution in [3.8, 4) is 0 Å². The number of hydrogen-bond acceptors (Lipinski definition) is 4. The predicted molar refractivity (Wildman–Crippen MR) is 149 cm³/mol. The van der Waals surface area contributed by atoms with E-state index in [0.29, 0.717) is 11.1 Å². The average molecular weight is 505 g/mol. The Hall–Kier alpha value is -4.18. The first-order chi connectivity index (χ1) is 18.3. The van der Waals surface area contributed by atoms with Gasteiger partial charge in [-0.1, -0.05) is 90.8 Å². The van der Waals surface area contributed by atoms with E-state index in [9.17, 15) is 9.59 Å². The Labute approximate surface area is 224 Å². The molecule has 0 amide bonds. The molecule has 0 radical (unpaired) electrons. The van der Waals surface area contributed by atoms with Gasteiger partial charge in [-0.2, -0.15) is 0 Å². The zero-order valence-corrected chi connectivity index (χ0v) is 22.2. The maximum Gasteiger partial charge on any atom is 0.338 e. The smallest absolute Gasteiger partial charge is 0.338 e. The van der Waals surface area contributed by atoms with E-state index >= 15 is 0 Å². The van der Waals surface area contributed by atoms with Gasteiger partial charge in [-0.25, -0.2) is 9.59 Å². The summed E-state index contributed by atoms with van der Waals surface area (Å²) in [6.45, 7) is 7.98. The number of hydrogen-bond donors (Lipinski definition) is 0. The van der Waals surface area contributed by atoms with E-state index in [-0.39, 0.29) is 11.8 Å². The molecule has 0 bridgehead atoms. The molecule has 0 aromatic heterocycles. The zero-order chi connectivity index (χ0) is 26.8. The van der Waals surface area contributed by atoms with Crippen molar-refractivity contribution < 1.29 is 19.1 Å². The van der Waals surface area contributed by atoms with Gasteiger partial charge in [-0.3, -0.25) is 0 Å². The quantitative estimate of drug-likeness (QED) is 0.267. The highest BCUT2D eigenvalue weighted by Gasteiger charge is 2.46. The van der Waals surface area contributed by atoms with E-state index in [1.807, 2.05) is 81.4 Å². The summed E-state index contributed by atoms with van der Waals surface area (Å²) in [5.74, 6) is -1.34. The van der Waals surface area contributed by atoms with Crippen LogP contribution in [0, 0.1) is 20.8 Å². The van der Waals surface area contributed by atoms with Crippen LogP contribution in [-0.2, 0) is 9.47 Å². The highest BCUT2D eigenvalue weighted by atomic mass is 16.6. The minimum absolute atomic E-state index is 0.185. The monoisotopic (exact) mass is 504 g/mol. The van der Waals surface area contributed by atoms with Gasteiger partial charge in [0.1, 0.15) is 6.10 Å². The Bertz CT molecular complexity index is 1490. The lowest BCUT2D eigenvalue weighted by atomic mass is 9.70. The van der Waals surface area contributed by atoms with Crippen molar-refractivity contribution in [3.63, 3.8) is 0 Å². The molecule has 4 heteroatoms. The molecule has 0 aliphatic heterocycles. The second-order valence-corrected chi connectivity index (χ2v) is 10.2. The molecule has 4 aromatic carbocycles. The summed E-state index contributed by atoms with van der Waals surface area (Å²) in [5.41, 5.74) is 7.20. The van der Waals surface area contributed by atoms with E-state index in [1.165, 1.54) is 0 Å². The van der Waals surface area contributed by atoms with Crippen molar-refractivity contribution in [1.82, 2.24) is 0 Å². The van der Waals surface area contributed by atoms with Gasteiger partial charge < -0.3 is 9.47 Å². The Morgan fingerprint density at radius 2 is 1.08 bits per heavy atom. The van der Waals surface area contributed by atoms with Crippen LogP contribution >= 0.6 is 0 Å². The summed E-state index contributed by atoms with van der Waals surface area (Å²) in [6, 6.07) is 31.0.